The minimum atomic E-state index is -0.737. The van der Waals surface area contributed by atoms with Gasteiger partial charge in [0, 0.05) is 19.0 Å². The zero-order valence-corrected chi connectivity index (χ0v) is 11.4. The van der Waals surface area contributed by atoms with E-state index in [1.54, 1.807) is 0 Å². The van der Waals surface area contributed by atoms with Crippen LogP contribution < -0.4 is 10.6 Å². The lowest BCUT2D eigenvalue weighted by molar-refractivity contribution is -0.137. The van der Waals surface area contributed by atoms with Gasteiger partial charge < -0.3 is 15.7 Å². The lowest BCUT2D eigenvalue weighted by Crippen LogP contribution is -2.42. The molecule has 1 unspecified atom stereocenters. The molecular weight excluding hydrogens is 244 g/mol. The lowest BCUT2D eigenvalue weighted by Gasteiger charge is -2.19. The molecule has 0 aromatic carbocycles. The van der Waals surface area contributed by atoms with E-state index in [1.807, 2.05) is 0 Å². The first-order valence-electron chi connectivity index (χ1n) is 7.09. The summed E-state index contributed by atoms with van der Waals surface area (Å²) in [5.74, 6) is -0.737. The standard InChI is InChI=1S/C14H24N2O3/c17-13(18)10-6-1-2-7-11-15-14(19)16-12-8-4-3-5-9-12/h3-4,12H,1-2,5-11H2,(H,17,18)(H2,15,16,19). The number of carbonyl (C=O) groups excluding carboxylic acids is 1. The van der Waals surface area contributed by atoms with E-state index in [0.29, 0.717) is 6.54 Å². The second kappa shape index (κ2) is 9.42. The number of hydrogen-bond acceptors (Lipinski definition) is 2. The minimum Gasteiger partial charge on any atom is -0.481 e. The smallest absolute Gasteiger partial charge is 0.315 e. The topological polar surface area (TPSA) is 78.4 Å². The molecule has 0 radical (unpaired) electrons. The highest BCUT2D eigenvalue weighted by Crippen LogP contribution is 2.10. The number of aliphatic carboxylic acids is 1. The van der Waals surface area contributed by atoms with Crippen molar-refractivity contribution in [2.75, 3.05) is 6.54 Å². The molecule has 1 rings (SSSR count). The van der Waals surface area contributed by atoms with Gasteiger partial charge in [0.15, 0.2) is 0 Å². The Bertz CT molecular complexity index is 316. The average Bonchev–Trinajstić information content (AvgIpc) is 2.38. The van der Waals surface area contributed by atoms with Crippen LogP contribution in [0.2, 0.25) is 0 Å². The van der Waals surface area contributed by atoms with E-state index in [2.05, 4.69) is 22.8 Å². The predicted molar refractivity (Wildman–Crippen MR) is 74.0 cm³/mol. The Balaban J connectivity index is 1.92. The maximum absolute atomic E-state index is 11.6. The Kier molecular flexibility index (Phi) is 7.70. The van der Waals surface area contributed by atoms with Crippen LogP contribution >= 0.6 is 0 Å². The van der Waals surface area contributed by atoms with Gasteiger partial charge in [-0.2, -0.15) is 0 Å². The molecule has 1 aliphatic rings. The number of amides is 2. The molecule has 5 heteroatoms. The summed E-state index contributed by atoms with van der Waals surface area (Å²) in [6.45, 7) is 0.654. The molecule has 0 aromatic heterocycles. The van der Waals surface area contributed by atoms with Crippen LogP contribution in [0, 0.1) is 0 Å². The van der Waals surface area contributed by atoms with Crippen molar-refractivity contribution in [1.82, 2.24) is 10.6 Å². The van der Waals surface area contributed by atoms with Crippen LogP contribution in [0.4, 0.5) is 4.79 Å². The Morgan fingerprint density at radius 2 is 1.95 bits per heavy atom. The number of carboxylic acid groups (broad SMARTS) is 1. The first-order valence-corrected chi connectivity index (χ1v) is 7.09. The van der Waals surface area contributed by atoms with E-state index in [0.717, 1.165) is 44.9 Å². The Hall–Kier alpha value is -1.52. The number of nitrogens with one attached hydrogen (secondary N) is 2. The summed E-state index contributed by atoms with van der Waals surface area (Å²) in [5.41, 5.74) is 0. The van der Waals surface area contributed by atoms with Crippen molar-refractivity contribution in [3.05, 3.63) is 12.2 Å². The van der Waals surface area contributed by atoms with E-state index in [-0.39, 0.29) is 18.5 Å². The summed E-state index contributed by atoms with van der Waals surface area (Å²) in [7, 11) is 0. The SMILES string of the molecule is O=C(O)CCCCCCNC(=O)NC1CC=CCC1. The van der Waals surface area contributed by atoms with Gasteiger partial charge in [0.05, 0.1) is 0 Å². The zero-order valence-electron chi connectivity index (χ0n) is 11.4. The highest BCUT2D eigenvalue weighted by Gasteiger charge is 2.11. The Labute approximate surface area is 114 Å². The van der Waals surface area contributed by atoms with Crippen LogP contribution in [-0.4, -0.2) is 29.7 Å². The van der Waals surface area contributed by atoms with E-state index >= 15 is 0 Å². The second-order valence-electron chi connectivity index (χ2n) is 4.94. The summed E-state index contributed by atoms with van der Waals surface area (Å²) in [5, 5.41) is 14.3. The van der Waals surface area contributed by atoms with Crippen molar-refractivity contribution in [2.45, 2.75) is 57.4 Å². The lowest BCUT2D eigenvalue weighted by atomic mass is 10.0. The van der Waals surface area contributed by atoms with Crippen LogP contribution in [0.1, 0.15) is 51.4 Å². The third-order valence-electron chi connectivity index (χ3n) is 3.21. The number of carboxylic acids is 1. The molecule has 0 bridgehead atoms. The van der Waals surface area contributed by atoms with Crippen molar-refractivity contribution in [2.24, 2.45) is 0 Å². The average molecular weight is 268 g/mol. The molecule has 3 N–H and O–H groups in total. The first kappa shape index (κ1) is 15.5. The number of urea groups is 1. The van der Waals surface area contributed by atoms with Gasteiger partial charge in [0.25, 0.3) is 0 Å². The van der Waals surface area contributed by atoms with Crippen molar-refractivity contribution in [3.8, 4) is 0 Å². The largest absolute Gasteiger partial charge is 0.481 e. The van der Waals surface area contributed by atoms with E-state index in [9.17, 15) is 9.59 Å². The number of rotatable bonds is 8. The van der Waals surface area contributed by atoms with Gasteiger partial charge in [0.1, 0.15) is 0 Å². The molecule has 0 fully saturated rings. The number of allylic oxidation sites excluding steroid dienone is 1. The molecule has 108 valence electrons. The fourth-order valence-corrected chi connectivity index (χ4v) is 2.12. The molecule has 1 atom stereocenters. The summed E-state index contributed by atoms with van der Waals surface area (Å²) >= 11 is 0. The maximum Gasteiger partial charge on any atom is 0.315 e. The van der Waals surface area contributed by atoms with Gasteiger partial charge in [-0.15, -0.1) is 0 Å². The number of unbranched alkanes of at least 4 members (excludes halogenated alkanes) is 3. The van der Waals surface area contributed by atoms with Crippen LogP contribution in [0.5, 0.6) is 0 Å². The Morgan fingerprint density at radius 3 is 2.63 bits per heavy atom. The highest BCUT2D eigenvalue weighted by molar-refractivity contribution is 5.74. The molecule has 19 heavy (non-hydrogen) atoms. The molecule has 5 nitrogen and oxygen atoms in total. The molecule has 0 saturated carbocycles. The molecular formula is C14H24N2O3. The number of hydrogen-bond donors (Lipinski definition) is 3. The number of carbonyl (C=O) groups is 2. The summed E-state index contributed by atoms with van der Waals surface area (Å²) in [4.78, 5) is 21.9. The first-order chi connectivity index (χ1) is 9.18. The maximum atomic E-state index is 11.6. The van der Waals surface area contributed by atoms with Gasteiger partial charge in [-0.3, -0.25) is 4.79 Å². The van der Waals surface area contributed by atoms with Crippen LogP contribution in [0.15, 0.2) is 12.2 Å². The van der Waals surface area contributed by atoms with Crippen LogP contribution in [0.3, 0.4) is 0 Å². The van der Waals surface area contributed by atoms with Crippen molar-refractivity contribution < 1.29 is 14.7 Å². The third kappa shape index (κ3) is 8.24. The van der Waals surface area contributed by atoms with Crippen LogP contribution in [-0.2, 0) is 4.79 Å². The monoisotopic (exact) mass is 268 g/mol. The fraction of sp³-hybridized carbons (Fsp3) is 0.714. The van der Waals surface area contributed by atoms with E-state index in [4.69, 9.17) is 5.11 Å². The van der Waals surface area contributed by atoms with Gasteiger partial charge in [-0.25, -0.2) is 4.79 Å². The molecule has 2 amide bonds. The zero-order chi connectivity index (χ0) is 13.9. The summed E-state index contributed by atoms with van der Waals surface area (Å²) in [6, 6.07) is 0.173. The molecule has 0 heterocycles. The Morgan fingerprint density at radius 1 is 1.16 bits per heavy atom. The van der Waals surface area contributed by atoms with Crippen molar-refractivity contribution in [1.29, 1.82) is 0 Å². The second-order valence-corrected chi connectivity index (χ2v) is 4.94. The van der Waals surface area contributed by atoms with E-state index < -0.39 is 5.97 Å². The van der Waals surface area contributed by atoms with Gasteiger partial charge in [-0.05, 0) is 32.1 Å². The summed E-state index contributed by atoms with van der Waals surface area (Å²) in [6.07, 6.45) is 10.9. The third-order valence-corrected chi connectivity index (χ3v) is 3.21. The molecule has 0 aliphatic heterocycles. The predicted octanol–water partition coefficient (Wildman–Crippen LogP) is 2.43. The van der Waals surface area contributed by atoms with Crippen molar-refractivity contribution >= 4 is 12.0 Å². The van der Waals surface area contributed by atoms with Gasteiger partial charge in [-0.1, -0.05) is 25.0 Å². The molecule has 0 spiro atoms. The van der Waals surface area contributed by atoms with Gasteiger partial charge in [0.2, 0.25) is 0 Å². The molecule has 1 aliphatic carbocycles. The highest BCUT2D eigenvalue weighted by atomic mass is 16.4. The minimum absolute atomic E-state index is 0.0918. The van der Waals surface area contributed by atoms with Crippen molar-refractivity contribution in [3.63, 3.8) is 0 Å². The summed E-state index contributed by atoms with van der Waals surface area (Å²) < 4.78 is 0. The quantitative estimate of drug-likeness (QED) is 0.467. The fourth-order valence-electron chi connectivity index (χ4n) is 2.12. The van der Waals surface area contributed by atoms with Crippen LogP contribution in [0.25, 0.3) is 0 Å². The molecule has 0 aromatic rings. The van der Waals surface area contributed by atoms with Gasteiger partial charge >= 0.3 is 12.0 Å². The molecule has 0 saturated heterocycles. The normalized spacial score (nSPS) is 18.0. The van der Waals surface area contributed by atoms with E-state index in [1.165, 1.54) is 0 Å².